The lowest BCUT2D eigenvalue weighted by Gasteiger charge is -2.14. The number of carbonyl (C=O) groups excluding carboxylic acids is 1. The summed E-state index contributed by atoms with van der Waals surface area (Å²) in [7, 11) is 1.64. The number of nitrogens with one attached hydrogen (secondary N) is 2. The Morgan fingerprint density at radius 1 is 1.08 bits per heavy atom. The van der Waals surface area contributed by atoms with Crippen LogP contribution in [0, 0.1) is 27.7 Å². The number of ether oxygens (including phenoxy) is 1. The van der Waals surface area contributed by atoms with Crippen LogP contribution in [0.4, 0.5) is 11.6 Å². The number of hydrogen-bond acceptors (Lipinski definition) is 5. The number of rotatable bonds is 7. The van der Waals surface area contributed by atoms with E-state index in [0.717, 1.165) is 28.9 Å². The van der Waals surface area contributed by atoms with Gasteiger partial charge in [0.1, 0.15) is 5.69 Å². The van der Waals surface area contributed by atoms with Gasteiger partial charge in [-0.2, -0.15) is 0 Å². The highest BCUT2D eigenvalue weighted by Gasteiger charge is 2.12. The Morgan fingerprint density at radius 2 is 1.76 bits per heavy atom. The summed E-state index contributed by atoms with van der Waals surface area (Å²) in [6.07, 6.45) is 0.763. The van der Waals surface area contributed by atoms with Crippen molar-refractivity contribution in [2.45, 2.75) is 34.1 Å². The average molecular weight is 342 g/mol. The topological polar surface area (TPSA) is 76.1 Å². The van der Waals surface area contributed by atoms with Crippen molar-refractivity contribution in [1.29, 1.82) is 0 Å². The molecule has 6 heteroatoms. The fourth-order valence-corrected chi connectivity index (χ4v) is 2.74. The molecule has 2 aromatic rings. The molecule has 0 aliphatic rings. The largest absolute Gasteiger partial charge is 0.385 e. The normalized spacial score (nSPS) is 10.6. The fourth-order valence-electron chi connectivity index (χ4n) is 2.74. The van der Waals surface area contributed by atoms with Gasteiger partial charge in [0.05, 0.1) is 0 Å². The van der Waals surface area contributed by atoms with Gasteiger partial charge in [0.15, 0.2) is 0 Å². The fraction of sp³-hybridized carbons (Fsp3) is 0.421. The highest BCUT2D eigenvalue weighted by atomic mass is 16.5. The van der Waals surface area contributed by atoms with Crippen molar-refractivity contribution in [1.82, 2.24) is 15.3 Å². The summed E-state index contributed by atoms with van der Waals surface area (Å²) in [5, 5.41) is 6.10. The Hall–Kier alpha value is -2.47. The van der Waals surface area contributed by atoms with Crippen LogP contribution in [0.3, 0.4) is 0 Å². The Labute approximate surface area is 149 Å². The van der Waals surface area contributed by atoms with E-state index < -0.39 is 0 Å². The van der Waals surface area contributed by atoms with E-state index in [4.69, 9.17) is 4.74 Å². The third kappa shape index (κ3) is 5.26. The van der Waals surface area contributed by atoms with E-state index in [0.29, 0.717) is 24.8 Å². The molecule has 2 N–H and O–H groups in total. The van der Waals surface area contributed by atoms with Crippen molar-refractivity contribution in [3.8, 4) is 0 Å². The van der Waals surface area contributed by atoms with Crippen LogP contribution in [0.1, 0.15) is 39.3 Å². The van der Waals surface area contributed by atoms with Gasteiger partial charge in [-0.3, -0.25) is 4.79 Å². The number of anilines is 2. The Balaban J connectivity index is 2.18. The Bertz CT molecular complexity index is 736. The molecule has 0 aliphatic heterocycles. The van der Waals surface area contributed by atoms with Gasteiger partial charge >= 0.3 is 0 Å². The molecule has 0 fully saturated rings. The molecule has 0 atom stereocenters. The molecule has 0 spiro atoms. The van der Waals surface area contributed by atoms with Crippen LogP contribution in [0.5, 0.6) is 0 Å². The van der Waals surface area contributed by atoms with E-state index in [-0.39, 0.29) is 5.91 Å². The van der Waals surface area contributed by atoms with E-state index in [1.165, 1.54) is 5.56 Å². The summed E-state index contributed by atoms with van der Waals surface area (Å²) in [6.45, 7) is 9.17. The van der Waals surface area contributed by atoms with Crippen molar-refractivity contribution >= 4 is 17.5 Å². The highest BCUT2D eigenvalue weighted by molar-refractivity contribution is 5.92. The van der Waals surface area contributed by atoms with E-state index in [2.05, 4.69) is 39.7 Å². The SMILES string of the molecule is COCCCNC(=O)c1cc(C)nc(Nc2c(C)cc(C)cc2C)n1. The number of nitrogens with zero attached hydrogens (tertiary/aromatic N) is 2. The zero-order valence-corrected chi connectivity index (χ0v) is 15.6. The zero-order chi connectivity index (χ0) is 18.4. The first-order valence-corrected chi connectivity index (χ1v) is 8.38. The number of aryl methyl sites for hydroxylation is 4. The molecule has 6 nitrogen and oxygen atoms in total. The molecular weight excluding hydrogens is 316 g/mol. The molecule has 134 valence electrons. The van der Waals surface area contributed by atoms with E-state index in [1.807, 2.05) is 20.8 Å². The van der Waals surface area contributed by atoms with Crippen LogP contribution in [0.2, 0.25) is 0 Å². The predicted molar refractivity (Wildman–Crippen MR) is 99.5 cm³/mol. The highest BCUT2D eigenvalue weighted by Crippen LogP contribution is 2.24. The summed E-state index contributed by atoms with van der Waals surface area (Å²) in [4.78, 5) is 21.0. The summed E-state index contributed by atoms with van der Waals surface area (Å²) >= 11 is 0. The van der Waals surface area contributed by atoms with Crippen LogP contribution < -0.4 is 10.6 Å². The molecule has 2 rings (SSSR count). The summed E-state index contributed by atoms with van der Waals surface area (Å²) in [6, 6.07) is 5.90. The second kappa shape index (κ2) is 8.58. The molecule has 1 heterocycles. The molecule has 0 radical (unpaired) electrons. The van der Waals surface area contributed by atoms with Gasteiger partial charge in [-0.1, -0.05) is 17.7 Å². The number of methoxy groups -OCH3 is 1. The third-order valence-electron chi connectivity index (χ3n) is 3.81. The van der Waals surface area contributed by atoms with Crippen molar-refractivity contribution in [2.24, 2.45) is 0 Å². The molecule has 1 aromatic carbocycles. The first-order chi connectivity index (χ1) is 11.9. The van der Waals surface area contributed by atoms with E-state index >= 15 is 0 Å². The van der Waals surface area contributed by atoms with Crippen molar-refractivity contribution in [3.63, 3.8) is 0 Å². The van der Waals surface area contributed by atoms with Crippen LogP contribution in [-0.2, 0) is 4.74 Å². The first kappa shape index (κ1) is 18.9. The lowest BCUT2D eigenvalue weighted by molar-refractivity contribution is 0.0943. The van der Waals surface area contributed by atoms with Gasteiger partial charge in [-0.15, -0.1) is 0 Å². The number of hydrogen-bond donors (Lipinski definition) is 2. The summed E-state index contributed by atoms with van der Waals surface area (Å²) < 4.78 is 4.98. The Kier molecular flexibility index (Phi) is 6.47. The van der Waals surface area contributed by atoms with Gasteiger partial charge in [0, 0.05) is 31.6 Å². The van der Waals surface area contributed by atoms with Gasteiger partial charge in [0.2, 0.25) is 5.95 Å². The minimum Gasteiger partial charge on any atom is -0.385 e. The zero-order valence-electron chi connectivity index (χ0n) is 15.6. The second-order valence-electron chi connectivity index (χ2n) is 6.22. The molecular formula is C19H26N4O2. The number of amides is 1. The number of aromatic nitrogens is 2. The molecule has 0 bridgehead atoms. The minimum absolute atomic E-state index is 0.206. The number of carbonyl (C=O) groups is 1. The van der Waals surface area contributed by atoms with E-state index in [9.17, 15) is 4.79 Å². The standard InChI is InChI=1S/C19H26N4O2/c1-12-9-13(2)17(14(3)10-12)23-19-21-15(4)11-16(22-19)18(24)20-7-6-8-25-5/h9-11H,6-8H2,1-5H3,(H,20,24)(H,21,22,23). The summed E-state index contributed by atoms with van der Waals surface area (Å²) in [5.74, 6) is 0.221. The Morgan fingerprint density at radius 3 is 2.40 bits per heavy atom. The average Bonchev–Trinajstić information content (AvgIpc) is 2.54. The molecule has 0 aliphatic carbocycles. The maximum absolute atomic E-state index is 12.3. The third-order valence-corrected chi connectivity index (χ3v) is 3.81. The molecule has 25 heavy (non-hydrogen) atoms. The first-order valence-electron chi connectivity index (χ1n) is 8.38. The second-order valence-corrected chi connectivity index (χ2v) is 6.22. The predicted octanol–water partition coefficient (Wildman–Crippen LogP) is 3.22. The van der Waals surface area contributed by atoms with Crippen LogP contribution in [-0.4, -0.2) is 36.1 Å². The molecule has 0 unspecified atom stereocenters. The van der Waals surface area contributed by atoms with Gasteiger partial charge in [-0.05, 0) is 51.3 Å². The maximum atomic E-state index is 12.3. The quantitative estimate of drug-likeness (QED) is 0.756. The lowest BCUT2D eigenvalue weighted by Crippen LogP contribution is -2.26. The molecule has 1 amide bonds. The lowest BCUT2D eigenvalue weighted by atomic mass is 10.1. The van der Waals surface area contributed by atoms with Crippen LogP contribution in [0.25, 0.3) is 0 Å². The molecule has 0 saturated heterocycles. The van der Waals surface area contributed by atoms with Gasteiger partial charge in [0.25, 0.3) is 5.91 Å². The summed E-state index contributed by atoms with van der Waals surface area (Å²) in [5.41, 5.74) is 5.52. The van der Waals surface area contributed by atoms with Crippen LogP contribution in [0.15, 0.2) is 18.2 Å². The number of benzene rings is 1. The van der Waals surface area contributed by atoms with Gasteiger partial charge in [-0.25, -0.2) is 9.97 Å². The smallest absolute Gasteiger partial charge is 0.270 e. The van der Waals surface area contributed by atoms with Crippen molar-refractivity contribution in [2.75, 3.05) is 25.6 Å². The monoisotopic (exact) mass is 342 g/mol. The molecule has 1 aromatic heterocycles. The minimum atomic E-state index is -0.206. The van der Waals surface area contributed by atoms with Crippen LogP contribution >= 0.6 is 0 Å². The maximum Gasteiger partial charge on any atom is 0.270 e. The molecule has 0 saturated carbocycles. The van der Waals surface area contributed by atoms with Crippen molar-refractivity contribution < 1.29 is 9.53 Å². The van der Waals surface area contributed by atoms with Gasteiger partial charge < -0.3 is 15.4 Å². The van der Waals surface area contributed by atoms with Crippen molar-refractivity contribution in [3.05, 3.63) is 46.3 Å². The van der Waals surface area contributed by atoms with E-state index in [1.54, 1.807) is 13.2 Å².